The van der Waals surface area contributed by atoms with Crippen molar-refractivity contribution in [1.29, 1.82) is 0 Å². The van der Waals surface area contributed by atoms with Gasteiger partial charge in [0.2, 0.25) is 0 Å². The fourth-order valence-corrected chi connectivity index (χ4v) is 0.567. The second kappa shape index (κ2) is 8.85. The molecule has 14 heavy (non-hydrogen) atoms. The van der Waals surface area contributed by atoms with Gasteiger partial charge in [-0.05, 0) is 5.92 Å². The number of hydrogen-bond acceptors (Lipinski definition) is 0. The lowest BCUT2D eigenvalue weighted by Gasteiger charge is -1.99. The zero-order chi connectivity index (χ0) is 11.6. The van der Waals surface area contributed by atoms with E-state index >= 15 is 0 Å². The molecule has 0 aromatic rings. The van der Waals surface area contributed by atoms with E-state index in [-0.39, 0.29) is 0 Å². The molecule has 84 valence electrons. The van der Waals surface area contributed by atoms with E-state index < -0.39 is 12.6 Å². The fraction of sp³-hybridized carbons (Fsp3) is 0.636. The van der Waals surface area contributed by atoms with Crippen LogP contribution in [0.1, 0.15) is 34.1 Å². The normalized spacial score (nSPS) is 12.3. The van der Waals surface area contributed by atoms with Gasteiger partial charge in [0.1, 0.15) is 0 Å². The van der Waals surface area contributed by atoms with Crippen LogP contribution in [0.25, 0.3) is 0 Å². The minimum atomic E-state index is -4.08. The van der Waals surface area contributed by atoms with Gasteiger partial charge < -0.3 is 0 Å². The molecule has 0 unspecified atom stereocenters. The molecule has 0 radical (unpaired) electrons. The van der Waals surface area contributed by atoms with Gasteiger partial charge in [0.15, 0.2) is 0 Å². The zero-order valence-electron chi connectivity index (χ0n) is 9.23. The lowest BCUT2D eigenvalue weighted by atomic mass is 10.2. The predicted octanol–water partition coefficient (Wildman–Crippen LogP) is 4.73. The minimum Gasteiger partial charge on any atom is -0.171 e. The van der Waals surface area contributed by atoms with Crippen LogP contribution in [0, 0.1) is 5.92 Å². The molecule has 0 amide bonds. The van der Waals surface area contributed by atoms with Crippen LogP contribution in [0.15, 0.2) is 24.3 Å². The summed E-state index contributed by atoms with van der Waals surface area (Å²) in [5.74, 6) is 0.375. The topological polar surface area (TPSA) is 0 Å². The minimum absolute atomic E-state index is 0.375. The van der Waals surface area contributed by atoms with Gasteiger partial charge >= 0.3 is 6.18 Å². The standard InChI is InChI=1S/C9H13F3.C2H6/c1-8(2)6-4-3-5-7-9(10,11)12;1-2/h3-6,8H,7H2,1-2H3;1-2H3/b5-3-,6-4-;. The van der Waals surface area contributed by atoms with Crippen LogP contribution in [-0.4, -0.2) is 6.18 Å². The number of alkyl halides is 3. The molecule has 0 aliphatic rings. The van der Waals surface area contributed by atoms with E-state index in [0.717, 1.165) is 6.08 Å². The maximum Gasteiger partial charge on any atom is 0.392 e. The number of allylic oxidation sites excluding steroid dienone is 4. The smallest absolute Gasteiger partial charge is 0.171 e. The molecule has 0 aromatic heterocycles. The average molecular weight is 208 g/mol. The molecule has 0 bridgehead atoms. The molecule has 0 saturated carbocycles. The lowest BCUT2D eigenvalue weighted by molar-refractivity contribution is -0.125. The number of rotatable bonds is 3. The highest BCUT2D eigenvalue weighted by atomic mass is 19.4. The Morgan fingerprint density at radius 1 is 1.07 bits per heavy atom. The van der Waals surface area contributed by atoms with Gasteiger partial charge in [0.05, 0.1) is 6.42 Å². The molecule has 3 heteroatoms. The van der Waals surface area contributed by atoms with Gasteiger partial charge in [0, 0.05) is 0 Å². The Bertz CT molecular complexity index is 164. The van der Waals surface area contributed by atoms with E-state index in [0.29, 0.717) is 5.92 Å². The Balaban J connectivity index is 0. The average Bonchev–Trinajstić information content (AvgIpc) is 2.05. The fourth-order valence-electron chi connectivity index (χ4n) is 0.567. The van der Waals surface area contributed by atoms with E-state index in [1.165, 1.54) is 6.08 Å². The molecule has 0 aliphatic heterocycles. The highest BCUT2D eigenvalue weighted by Gasteiger charge is 2.24. The van der Waals surface area contributed by atoms with Gasteiger partial charge in [-0.15, -0.1) is 0 Å². The maximum absolute atomic E-state index is 11.6. The Hall–Kier alpha value is -0.730. The SMILES string of the molecule is CC.CC(C)/C=C\C=C/CC(F)(F)F. The summed E-state index contributed by atoms with van der Waals surface area (Å²) in [6, 6.07) is 0. The zero-order valence-corrected chi connectivity index (χ0v) is 9.23. The summed E-state index contributed by atoms with van der Waals surface area (Å²) in [5, 5.41) is 0. The molecule has 0 atom stereocenters. The first-order valence-electron chi connectivity index (χ1n) is 4.82. The first-order chi connectivity index (χ1) is 6.42. The highest BCUT2D eigenvalue weighted by Crippen LogP contribution is 2.19. The van der Waals surface area contributed by atoms with Gasteiger partial charge in [0.25, 0.3) is 0 Å². The second-order valence-corrected chi connectivity index (χ2v) is 2.88. The molecule has 0 saturated heterocycles. The number of halogens is 3. The molecular formula is C11H19F3. The molecule has 0 aliphatic carbocycles. The molecule has 0 fully saturated rings. The van der Waals surface area contributed by atoms with Crippen LogP contribution in [0.3, 0.4) is 0 Å². The van der Waals surface area contributed by atoms with Gasteiger partial charge in [-0.3, -0.25) is 0 Å². The molecule has 0 aromatic carbocycles. The van der Waals surface area contributed by atoms with Crippen molar-refractivity contribution < 1.29 is 13.2 Å². The summed E-state index contributed by atoms with van der Waals surface area (Å²) in [7, 11) is 0. The summed E-state index contributed by atoms with van der Waals surface area (Å²) in [6.45, 7) is 7.93. The van der Waals surface area contributed by atoms with Crippen LogP contribution in [-0.2, 0) is 0 Å². The van der Waals surface area contributed by atoms with Crippen molar-refractivity contribution >= 4 is 0 Å². The number of hydrogen-bond donors (Lipinski definition) is 0. The molecular weight excluding hydrogens is 189 g/mol. The van der Waals surface area contributed by atoms with E-state index in [4.69, 9.17) is 0 Å². The van der Waals surface area contributed by atoms with Crippen molar-refractivity contribution in [2.45, 2.75) is 40.3 Å². The molecule has 0 spiro atoms. The summed E-state index contributed by atoms with van der Waals surface area (Å²) in [5.41, 5.74) is 0. The van der Waals surface area contributed by atoms with Crippen LogP contribution in [0.4, 0.5) is 13.2 Å². The van der Waals surface area contributed by atoms with Gasteiger partial charge in [-0.25, -0.2) is 0 Å². The van der Waals surface area contributed by atoms with E-state index in [9.17, 15) is 13.2 Å². The summed E-state index contributed by atoms with van der Waals surface area (Å²) in [4.78, 5) is 0. The van der Waals surface area contributed by atoms with Gasteiger partial charge in [-0.1, -0.05) is 52.0 Å². The molecule has 0 nitrogen and oxygen atoms in total. The Labute approximate surface area is 84.5 Å². The maximum atomic E-state index is 11.6. The Morgan fingerprint density at radius 3 is 1.93 bits per heavy atom. The summed E-state index contributed by atoms with van der Waals surface area (Å²) < 4.78 is 34.7. The van der Waals surface area contributed by atoms with E-state index in [2.05, 4.69) is 0 Å². The van der Waals surface area contributed by atoms with Crippen molar-refractivity contribution in [2.24, 2.45) is 5.92 Å². The third-order valence-electron chi connectivity index (χ3n) is 1.09. The highest BCUT2D eigenvalue weighted by molar-refractivity contribution is 5.03. The Morgan fingerprint density at radius 2 is 1.57 bits per heavy atom. The van der Waals surface area contributed by atoms with Crippen molar-refractivity contribution in [3.05, 3.63) is 24.3 Å². The Kier molecular flexibility index (Phi) is 9.94. The van der Waals surface area contributed by atoms with Crippen molar-refractivity contribution in [3.63, 3.8) is 0 Å². The summed E-state index contributed by atoms with van der Waals surface area (Å²) in [6.07, 6.45) is 1.08. The molecule has 0 heterocycles. The summed E-state index contributed by atoms with van der Waals surface area (Å²) >= 11 is 0. The lowest BCUT2D eigenvalue weighted by Crippen LogP contribution is -2.03. The quantitative estimate of drug-likeness (QED) is 0.588. The van der Waals surface area contributed by atoms with Crippen molar-refractivity contribution in [3.8, 4) is 0 Å². The first-order valence-corrected chi connectivity index (χ1v) is 4.82. The largest absolute Gasteiger partial charge is 0.392 e. The van der Waals surface area contributed by atoms with Crippen LogP contribution in [0.5, 0.6) is 0 Å². The first kappa shape index (κ1) is 15.7. The third-order valence-corrected chi connectivity index (χ3v) is 1.09. The van der Waals surface area contributed by atoms with Crippen LogP contribution < -0.4 is 0 Å². The van der Waals surface area contributed by atoms with E-state index in [1.807, 2.05) is 33.8 Å². The van der Waals surface area contributed by atoms with Gasteiger partial charge in [-0.2, -0.15) is 13.2 Å². The second-order valence-electron chi connectivity index (χ2n) is 2.88. The molecule has 0 rings (SSSR count). The monoisotopic (exact) mass is 208 g/mol. The van der Waals surface area contributed by atoms with Crippen molar-refractivity contribution in [1.82, 2.24) is 0 Å². The van der Waals surface area contributed by atoms with Crippen LogP contribution >= 0.6 is 0 Å². The van der Waals surface area contributed by atoms with E-state index in [1.54, 1.807) is 6.08 Å². The predicted molar refractivity (Wildman–Crippen MR) is 55.1 cm³/mol. The molecule has 0 N–H and O–H groups in total. The van der Waals surface area contributed by atoms with Crippen molar-refractivity contribution in [2.75, 3.05) is 0 Å². The van der Waals surface area contributed by atoms with Crippen LogP contribution in [0.2, 0.25) is 0 Å². The third kappa shape index (κ3) is 17.4.